The molecule has 1 amide bonds. The van der Waals surface area contributed by atoms with Crippen molar-refractivity contribution in [3.63, 3.8) is 0 Å². The van der Waals surface area contributed by atoms with Crippen molar-refractivity contribution in [1.82, 2.24) is 5.43 Å². The highest BCUT2D eigenvalue weighted by Crippen LogP contribution is 2.16. The first-order valence-corrected chi connectivity index (χ1v) is 8.24. The van der Waals surface area contributed by atoms with E-state index in [1.807, 2.05) is 56.3 Å². The van der Waals surface area contributed by atoms with Crippen molar-refractivity contribution in [2.45, 2.75) is 13.8 Å². The zero-order valence-corrected chi connectivity index (χ0v) is 14.4. The van der Waals surface area contributed by atoms with E-state index in [9.17, 15) is 4.79 Å². The molecule has 25 heavy (non-hydrogen) atoms. The number of fused-ring (bicyclic) bond motifs is 1. The van der Waals surface area contributed by atoms with Gasteiger partial charge in [-0.25, -0.2) is 5.43 Å². The maximum absolute atomic E-state index is 11.9. The highest BCUT2D eigenvalue weighted by molar-refractivity contribution is 5.91. The first kappa shape index (κ1) is 16.7. The zero-order chi connectivity index (χ0) is 17.6. The molecule has 0 unspecified atom stereocenters. The van der Waals surface area contributed by atoms with Crippen molar-refractivity contribution in [2.75, 3.05) is 11.9 Å². The summed E-state index contributed by atoms with van der Waals surface area (Å²) in [5.74, 6) is -0.183. The van der Waals surface area contributed by atoms with Gasteiger partial charge in [0.2, 0.25) is 0 Å². The molecule has 2 N–H and O–H groups in total. The predicted octanol–water partition coefficient (Wildman–Crippen LogP) is 4.02. The normalized spacial score (nSPS) is 11.0. The van der Waals surface area contributed by atoms with Crippen LogP contribution in [0.4, 0.5) is 5.69 Å². The molecule has 0 fully saturated rings. The van der Waals surface area contributed by atoms with Gasteiger partial charge in [0.15, 0.2) is 0 Å². The third-order valence-corrected chi connectivity index (χ3v) is 4.00. The van der Waals surface area contributed by atoms with Crippen LogP contribution in [0.1, 0.15) is 16.7 Å². The van der Waals surface area contributed by atoms with Crippen LogP contribution < -0.4 is 10.7 Å². The standard InChI is InChI=1S/C21H21N3O/c1-15-7-10-20(16(2)11-15)22-14-21(25)24-23-13-17-8-9-18-5-3-4-6-19(18)12-17/h3-13,22H,14H2,1-2H3,(H,24,25). The minimum atomic E-state index is -0.183. The molecule has 0 aliphatic heterocycles. The number of anilines is 1. The van der Waals surface area contributed by atoms with E-state index in [-0.39, 0.29) is 12.5 Å². The highest BCUT2D eigenvalue weighted by atomic mass is 16.2. The number of nitrogens with one attached hydrogen (secondary N) is 2. The van der Waals surface area contributed by atoms with Crippen molar-refractivity contribution in [3.05, 3.63) is 77.4 Å². The molecule has 0 bridgehead atoms. The Labute approximate surface area is 147 Å². The van der Waals surface area contributed by atoms with Crippen LogP contribution in [-0.4, -0.2) is 18.7 Å². The molecule has 0 aliphatic carbocycles. The number of hydrogen-bond acceptors (Lipinski definition) is 3. The number of hydrazone groups is 1. The molecule has 0 spiro atoms. The van der Waals surface area contributed by atoms with E-state index in [0.717, 1.165) is 22.2 Å². The average molecular weight is 331 g/mol. The van der Waals surface area contributed by atoms with Gasteiger partial charge in [0.1, 0.15) is 0 Å². The van der Waals surface area contributed by atoms with Crippen LogP contribution in [0.15, 0.2) is 65.8 Å². The molecule has 0 heterocycles. The summed E-state index contributed by atoms with van der Waals surface area (Å²) in [4.78, 5) is 11.9. The van der Waals surface area contributed by atoms with Crippen LogP contribution in [0, 0.1) is 13.8 Å². The molecule has 3 rings (SSSR count). The summed E-state index contributed by atoms with van der Waals surface area (Å²) >= 11 is 0. The number of nitrogens with zero attached hydrogens (tertiary/aromatic N) is 1. The lowest BCUT2D eigenvalue weighted by atomic mass is 10.1. The fourth-order valence-electron chi connectivity index (χ4n) is 2.69. The van der Waals surface area contributed by atoms with E-state index >= 15 is 0 Å². The van der Waals surface area contributed by atoms with E-state index < -0.39 is 0 Å². The lowest BCUT2D eigenvalue weighted by Crippen LogP contribution is -2.26. The average Bonchev–Trinajstić information content (AvgIpc) is 2.61. The van der Waals surface area contributed by atoms with E-state index in [0.29, 0.717) is 0 Å². The second-order valence-electron chi connectivity index (χ2n) is 6.07. The van der Waals surface area contributed by atoms with E-state index in [1.54, 1.807) is 6.21 Å². The van der Waals surface area contributed by atoms with Gasteiger partial charge in [-0.2, -0.15) is 5.10 Å². The molecule has 0 radical (unpaired) electrons. The molecule has 0 saturated carbocycles. The van der Waals surface area contributed by atoms with Crippen molar-refractivity contribution >= 4 is 28.6 Å². The smallest absolute Gasteiger partial charge is 0.259 e. The first-order valence-electron chi connectivity index (χ1n) is 8.24. The Balaban J connectivity index is 1.54. The molecular weight excluding hydrogens is 310 g/mol. The third-order valence-electron chi connectivity index (χ3n) is 4.00. The Morgan fingerprint density at radius 3 is 2.60 bits per heavy atom. The molecule has 0 aromatic heterocycles. The van der Waals surface area contributed by atoms with E-state index in [2.05, 4.69) is 34.0 Å². The molecule has 0 saturated heterocycles. The number of rotatable bonds is 5. The van der Waals surface area contributed by atoms with Crippen LogP contribution in [-0.2, 0) is 4.79 Å². The van der Waals surface area contributed by atoms with Crippen molar-refractivity contribution in [3.8, 4) is 0 Å². The summed E-state index contributed by atoms with van der Waals surface area (Å²) < 4.78 is 0. The van der Waals surface area contributed by atoms with E-state index in [4.69, 9.17) is 0 Å². The van der Waals surface area contributed by atoms with Gasteiger partial charge >= 0.3 is 0 Å². The zero-order valence-electron chi connectivity index (χ0n) is 14.4. The number of aryl methyl sites for hydroxylation is 2. The van der Waals surface area contributed by atoms with Crippen molar-refractivity contribution < 1.29 is 4.79 Å². The summed E-state index contributed by atoms with van der Waals surface area (Å²) in [6, 6.07) is 20.3. The Morgan fingerprint density at radius 1 is 1.00 bits per heavy atom. The van der Waals surface area contributed by atoms with Gasteiger partial charge in [0.25, 0.3) is 5.91 Å². The van der Waals surface area contributed by atoms with Gasteiger partial charge in [-0.05, 0) is 47.9 Å². The van der Waals surface area contributed by atoms with E-state index in [1.165, 1.54) is 10.9 Å². The van der Waals surface area contributed by atoms with Gasteiger partial charge in [-0.15, -0.1) is 0 Å². The summed E-state index contributed by atoms with van der Waals surface area (Å²) in [6.45, 7) is 4.25. The van der Waals surface area contributed by atoms with Crippen LogP contribution in [0.3, 0.4) is 0 Å². The number of benzene rings is 3. The van der Waals surface area contributed by atoms with Crippen LogP contribution in [0.25, 0.3) is 10.8 Å². The molecule has 4 nitrogen and oxygen atoms in total. The SMILES string of the molecule is Cc1ccc(NCC(=O)NN=Cc2ccc3ccccc3c2)c(C)c1. The minimum Gasteiger partial charge on any atom is -0.376 e. The quantitative estimate of drug-likeness (QED) is 0.548. The predicted molar refractivity (Wildman–Crippen MR) is 104 cm³/mol. The molecular formula is C21H21N3O. The fraction of sp³-hybridized carbons (Fsp3) is 0.143. The van der Waals surface area contributed by atoms with Gasteiger partial charge in [0, 0.05) is 5.69 Å². The molecule has 3 aromatic carbocycles. The molecule has 4 heteroatoms. The van der Waals surface area contributed by atoms with Crippen LogP contribution >= 0.6 is 0 Å². The Bertz CT molecular complexity index is 931. The summed E-state index contributed by atoms with van der Waals surface area (Å²) in [5.41, 5.74) is 6.77. The topological polar surface area (TPSA) is 53.5 Å². The first-order chi connectivity index (χ1) is 12.1. The fourth-order valence-corrected chi connectivity index (χ4v) is 2.69. The monoisotopic (exact) mass is 331 g/mol. The second kappa shape index (κ2) is 7.62. The number of hydrogen-bond donors (Lipinski definition) is 2. The van der Waals surface area contributed by atoms with Crippen molar-refractivity contribution in [1.29, 1.82) is 0 Å². The van der Waals surface area contributed by atoms with Gasteiger partial charge in [-0.3, -0.25) is 4.79 Å². The highest BCUT2D eigenvalue weighted by Gasteiger charge is 2.02. The molecule has 0 atom stereocenters. The Hall–Kier alpha value is -3.14. The maximum Gasteiger partial charge on any atom is 0.259 e. The largest absolute Gasteiger partial charge is 0.376 e. The lowest BCUT2D eigenvalue weighted by molar-refractivity contribution is -0.119. The summed E-state index contributed by atoms with van der Waals surface area (Å²) in [7, 11) is 0. The summed E-state index contributed by atoms with van der Waals surface area (Å²) in [6.07, 6.45) is 1.65. The summed E-state index contributed by atoms with van der Waals surface area (Å²) in [5, 5.41) is 9.49. The maximum atomic E-state index is 11.9. The van der Waals surface area contributed by atoms with Crippen LogP contribution in [0.5, 0.6) is 0 Å². The number of amides is 1. The van der Waals surface area contributed by atoms with Gasteiger partial charge in [-0.1, -0.05) is 54.1 Å². The Morgan fingerprint density at radius 2 is 1.80 bits per heavy atom. The second-order valence-corrected chi connectivity index (χ2v) is 6.07. The molecule has 126 valence electrons. The number of carbonyl (C=O) groups is 1. The number of carbonyl (C=O) groups excluding carboxylic acids is 1. The minimum absolute atomic E-state index is 0.180. The van der Waals surface area contributed by atoms with Gasteiger partial charge < -0.3 is 5.32 Å². The Kier molecular flexibility index (Phi) is 5.09. The lowest BCUT2D eigenvalue weighted by Gasteiger charge is -2.09. The van der Waals surface area contributed by atoms with Crippen LogP contribution in [0.2, 0.25) is 0 Å². The molecule has 3 aromatic rings. The van der Waals surface area contributed by atoms with Gasteiger partial charge in [0.05, 0.1) is 12.8 Å². The third kappa shape index (κ3) is 4.44. The van der Waals surface area contributed by atoms with Crippen molar-refractivity contribution in [2.24, 2.45) is 5.10 Å². The molecule has 0 aliphatic rings.